The van der Waals surface area contributed by atoms with Gasteiger partial charge in [0.25, 0.3) is 6.47 Å². The molecule has 0 spiro atoms. The summed E-state index contributed by atoms with van der Waals surface area (Å²) in [6, 6.07) is 5.49. The zero-order valence-corrected chi connectivity index (χ0v) is 10.2. The maximum Gasteiger partial charge on any atom is 0.293 e. The molecule has 1 aromatic carbocycles. The topological polar surface area (TPSA) is 60.3 Å². The highest BCUT2D eigenvalue weighted by Crippen LogP contribution is 2.28. The van der Waals surface area contributed by atoms with Gasteiger partial charge in [-0.15, -0.1) is 0 Å². The summed E-state index contributed by atoms with van der Waals surface area (Å²) in [6.45, 7) is 4.41. The molecule has 0 aliphatic heterocycles. The largest absolute Gasteiger partial charge is 0.494 e. The van der Waals surface area contributed by atoms with Crippen molar-refractivity contribution in [3.63, 3.8) is 0 Å². The number of hydrogen-bond donors (Lipinski definition) is 0. The van der Waals surface area contributed by atoms with E-state index in [4.69, 9.17) is 4.74 Å². The molecule has 0 N–H and O–H groups in total. The van der Waals surface area contributed by atoms with Crippen LogP contribution in [-0.4, -0.2) is 26.2 Å². The van der Waals surface area contributed by atoms with Gasteiger partial charge in [-0.2, -0.15) is 10.2 Å². The fourth-order valence-corrected chi connectivity index (χ4v) is 1.25. The third-order valence-electron chi connectivity index (χ3n) is 2.10. The molecule has 0 saturated carbocycles. The van der Waals surface area contributed by atoms with Crippen molar-refractivity contribution in [3.05, 3.63) is 23.8 Å². The number of methoxy groups -OCH3 is 1. The van der Waals surface area contributed by atoms with Crippen LogP contribution in [0.4, 0.5) is 5.69 Å². The van der Waals surface area contributed by atoms with E-state index in [9.17, 15) is 4.79 Å². The van der Waals surface area contributed by atoms with Gasteiger partial charge >= 0.3 is 0 Å². The molecule has 0 fully saturated rings. The molecule has 0 bridgehead atoms. The van der Waals surface area contributed by atoms with E-state index in [1.807, 2.05) is 32.0 Å². The van der Waals surface area contributed by atoms with E-state index < -0.39 is 0 Å². The van der Waals surface area contributed by atoms with E-state index in [1.165, 1.54) is 0 Å². The first kappa shape index (κ1) is 13.2. The van der Waals surface area contributed by atoms with E-state index in [1.54, 1.807) is 7.11 Å². The Morgan fingerprint density at radius 2 is 2.24 bits per heavy atom. The van der Waals surface area contributed by atoms with Crippen molar-refractivity contribution in [3.8, 4) is 5.75 Å². The Balaban J connectivity index is 2.75. The quantitative estimate of drug-likeness (QED) is 0.563. The van der Waals surface area contributed by atoms with E-state index in [0.29, 0.717) is 17.9 Å². The maximum atomic E-state index is 10.0. The van der Waals surface area contributed by atoms with Gasteiger partial charge in [0.05, 0.1) is 7.11 Å². The molecule has 1 atom stereocenters. The van der Waals surface area contributed by atoms with Crippen molar-refractivity contribution < 1.29 is 14.3 Å². The second-order valence-corrected chi connectivity index (χ2v) is 3.67. The number of azo groups is 1. The summed E-state index contributed by atoms with van der Waals surface area (Å²) in [4.78, 5) is 10.0. The average Bonchev–Trinajstić information content (AvgIpc) is 2.34. The Kier molecular flexibility index (Phi) is 5.13. The number of hydrogen-bond acceptors (Lipinski definition) is 5. The fourth-order valence-electron chi connectivity index (χ4n) is 1.25. The van der Waals surface area contributed by atoms with Gasteiger partial charge in [-0.25, -0.2) is 0 Å². The van der Waals surface area contributed by atoms with Gasteiger partial charge in [-0.1, -0.05) is 6.07 Å². The van der Waals surface area contributed by atoms with Gasteiger partial charge in [0.1, 0.15) is 24.1 Å². The number of aryl methyl sites for hydroxylation is 1. The molecule has 0 saturated heterocycles. The highest BCUT2D eigenvalue weighted by molar-refractivity contribution is 5.52. The summed E-state index contributed by atoms with van der Waals surface area (Å²) in [5.41, 5.74) is 1.75. The highest BCUT2D eigenvalue weighted by atomic mass is 16.5. The van der Waals surface area contributed by atoms with Crippen LogP contribution in [0.1, 0.15) is 12.5 Å². The van der Waals surface area contributed by atoms with E-state index in [0.717, 1.165) is 5.56 Å². The minimum Gasteiger partial charge on any atom is -0.494 e. The van der Waals surface area contributed by atoms with Crippen LogP contribution in [-0.2, 0) is 9.53 Å². The molecular weight excluding hydrogens is 220 g/mol. The average molecular weight is 236 g/mol. The summed E-state index contributed by atoms with van der Waals surface area (Å²) >= 11 is 0. The van der Waals surface area contributed by atoms with Crippen LogP contribution in [0.5, 0.6) is 5.75 Å². The summed E-state index contributed by atoms with van der Waals surface area (Å²) in [7, 11) is 1.59. The summed E-state index contributed by atoms with van der Waals surface area (Å²) in [6.07, 6.45) is 0. The number of carbonyl (C=O) groups is 1. The van der Waals surface area contributed by atoms with Gasteiger partial charge in [-0.3, -0.25) is 4.79 Å². The summed E-state index contributed by atoms with van der Waals surface area (Å²) in [5, 5.41) is 8.14. The smallest absolute Gasteiger partial charge is 0.293 e. The zero-order valence-electron chi connectivity index (χ0n) is 10.2. The number of nitrogens with zero attached hydrogens (tertiary/aromatic N) is 2. The molecule has 0 radical (unpaired) electrons. The van der Waals surface area contributed by atoms with Gasteiger partial charge in [-0.05, 0) is 31.5 Å². The molecule has 0 aliphatic rings. The van der Waals surface area contributed by atoms with Gasteiger partial charge in [0, 0.05) is 0 Å². The van der Waals surface area contributed by atoms with E-state index in [-0.39, 0.29) is 12.6 Å². The Morgan fingerprint density at radius 3 is 2.88 bits per heavy atom. The summed E-state index contributed by atoms with van der Waals surface area (Å²) < 4.78 is 9.77. The minimum absolute atomic E-state index is 0.176. The number of carbonyl (C=O) groups excluding carboxylic acids is 1. The first-order chi connectivity index (χ1) is 8.17. The minimum atomic E-state index is -0.176. The molecule has 0 heterocycles. The first-order valence-electron chi connectivity index (χ1n) is 5.28. The van der Waals surface area contributed by atoms with E-state index >= 15 is 0 Å². The second kappa shape index (κ2) is 6.62. The molecule has 17 heavy (non-hydrogen) atoms. The first-order valence-corrected chi connectivity index (χ1v) is 5.28. The van der Waals surface area contributed by atoms with Gasteiger partial charge < -0.3 is 9.47 Å². The number of rotatable bonds is 6. The number of benzene rings is 1. The Hall–Kier alpha value is -1.91. The Labute approximate surface area is 100 Å². The lowest BCUT2D eigenvalue weighted by atomic mass is 10.2. The molecule has 92 valence electrons. The van der Waals surface area contributed by atoms with Crippen LogP contribution in [0.2, 0.25) is 0 Å². The normalized spacial score (nSPS) is 12.4. The third-order valence-corrected chi connectivity index (χ3v) is 2.10. The maximum absolute atomic E-state index is 10.0. The lowest BCUT2D eigenvalue weighted by molar-refractivity contribution is -0.129. The van der Waals surface area contributed by atoms with Crippen molar-refractivity contribution >= 4 is 12.2 Å². The monoisotopic (exact) mass is 236 g/mol. The molecule has 1 aromatic rings. The molecule has 5 heteroatoms. The van der Waals surface area contributed by atoms with Crippen LogP contribution < -0.4 is 4.74 Å². The fraction of sp³-hybridized carbons (Fsp3) is 0.417. The molecule has 5 nitrogen and oxygen atoms in total. The Bertz CT molecular complexity index is 405. The lowest BCUT2D eigenvalue weighted by Crippen LogP contribution is -2.07. The van der Waals surface area contributed by atoms with Gasteiger partial charge in [0.2, 0.25) is 0 Å². The van der Waals surface area contributed by atoms with Crippen molar-refractivity contribution in [2.24, 2.45) is 10.2 Å². The van der Waals surface area contributed by atoms with Crippen molar-refractivity contribution in [2.75, 3.05) is 13.7 Å². The predicted molar refractivity (Wildman–Crippen MR) is 63.7 cm³/mol. The van der Waals surface area contributed by atoms with Crippen molar-refractivity contribution in [1.29, 1.82) is 0 Å². The predicted octanol–water partition coefficient (Wildman–Crippen LogP) is 2.65. The lowest BCUT2D eigenvalue weighted by Gasteiger charge is -2.06. The van der Waals surface area contributed by atoms with Gasteiger partial charge in [0.15, 0.2) is 0 Å². The highest BCUT2D eigenvalue weighted by Gasteiger charge is 2.03. The Morgan fingerprint density at radius 1 is 1.47 bits per heavy atom. The van der Waals surface area contributed by atoms with Crippen molar-refractivity contribution in [1.82, 2.24) is 0 Å². The van der Waals surface area contributed by atoms with E-state index in [2.05, 4.69) is 15.0 Å². The second-order valence-electron chi connectivity index (χ2n) is 3.67. The third kappa shape index (κ3) is 4.22. The van der Waals surface area contributed by atoms with Crippen LogP contribution >= 0.6 is 0 Å². The van der Waals surface area contributed by atoms with Crippen molar-refractivity contribution in [2.45, 2.75) is 19.9 Å². The molecule has 1 rings (SSSR count). The van der Waals surface area contributed by atoms with Crippen LogP contribution in [0, 0.1) is 6.92 Å². The van der Waals surface area contributed by atoms with Crippen LogP contribution in [0.15, 0.2) is 28.4 Å². The summed E-state index contributed by atoms with van der Waals surface area (Å²) in [5.74, 6) is 0.669. The van der Waals surface area contributed by atoms with Crippen LogP contribution in [0.25, 0.3) is 0 Å². The molecule has 0 amide bonds. The molecule has 0 aromatic heterocycles. The molecular formula is C12H16N2O3. The standard InChI is InChI=1S/C12H16N2O3/c1-9-4-5-12(16-3)11(6-9)14-13-10(2)7-17-8-15/h4-6,8,10H,7H2,1-3H3/b14-13+. The number of ether oxygens (including phenoxy) is 2. The zero-order chi connectivity index (χ0) is 12.7. The SMILES string of the molecule is COc1ccc(C)cc1/N=N/C(C)COC=O. The molecule has 1 unspecified atom stereocenters. The molecule has 0 aliphatic carbocycles. The van der Waals surface area contributed by atoms with Crippen LogP contribution in [0.3, 0.4) is 0 Å².